The Bertz CT molecular complexity index is 952. The van der Waals surface area contributed by atoms with E-state index in [1.54, 1.807) is 6.92 Å². The second kappa shape index (κ2) is 9.77. The molecule has 3 atom stereocenters. The maximum absolute atomic E-state index is 13.0. The molecule has 0 aromatic heterocycles. The minimum absolute atomic E-state index is 0.254. The van der Waals surface area contributed by atoms with Crippen LogP contribution in [0.3, 0.4) is 0 Å². The monoisotopic (exact) mass is 450 g/mol. The minimum atomic E-state index is -2.87. The van der Waals surface area contributed by atoms with Crippen LogP contribution in [0.15, 0.2) is 85.0 Å². The third-order valence-corrected chi connectivity index (χ3v) is 10.8. The molecule has 0 aliphatic carbocycles. The molecular formula is C26H30O5Si. The molecule has 2 aromatic rings. The Morgan fingerprint density at radius 3 is 2.09 bits per heavy atom. The fourth-order valence-electron chi connectivity index (χ4n) is 4.02. The highest BCUT2D eigenvalue weighted by Crippen LogP contribution is 2.37. The molecule has 1 N–H and O–H groups in total. The van der Waals surface area contributed by atoms with Crippen LogP contribution in [0, 0.1) is 0 Å². The van der Waals surface area contributed by atoms with Crippen LogP contribution in [0.4, 0.5) is 0 Å². The SMILES string of the molecule is C[C@H](O[Si](c1ccccc1)(c1ccccc1)C(C)(C)C)C(=O)/C=C\[C@@H]1OC(=O)C=C[C@@H]1O. The molecule has 5 nitrogen and oxygen atoms in total. The van der Waals surface area contributed by atoms with Crippen molar-refractivity contribution in [2.45, 2.75) is 51.0 Å². The number of hydrogen-bond donors (Lipinski definition) is 1. The molecule has 0 saturated carbocycles. The second-order valence-corrected chi connectivity index (χ2v) is 13.2. The highest BCUT2D eigenvalue weighted by molar-refractivity contribution is 6.99. The first kappa shape index (κ1) is 23.9. The summed E-state index contributed by atoms with van der Waals surface area (Å²) < 4.78 is 11.9. The Labute approximate surface area is 190 Å². The molecule has 6 heteroatoms. The maximum atomic E-state index is 13.0. The summed E-state index contributed by atoms with van der Waals surface area (Å²) in [6.45, 7) is 8.19. The van der Waals surface area contributed by atoms with Crippen LogP contribution in [0.1, 0.15) is 27.7 Å². The van der Waals surface area contributed by atoms with Gasteiger partial charge >= 0.3 is 5.97 Å². The van der Waals surface area contributed by atoms with E-state index in [-0.39, 0.29) is 10.8 Å². The molecule has 0 spiro atoms. The van der Waals surface area contributed by atoms with E-state index >= 15 is 0 Å². The van der Waals surface area contributed by atoms with Gasteiger partial charge in [0.1, 0.15) is 12.2 Å². The Balaban J connectivity index is 1.94. The van der Waals surface area contributed by atoms with E-state index in [4.69, 9.17) is 9.16 Å². The number of ketones is 1. The Morgan fingerprint density at radius 1 is 1.06 bits per heavy atom. The molecule has 3 rings (SSSR count). The van der Waals surface area contributed by atoms with Crippen molar-refractivity contribution in [1.82, 2.24) is 0 Å². The summed E-state index contributed by atoms with van der Waals surface area (Å²) in [4.78, 5) is 24.5. The average Bonchev–Trinajstić information content (AvgIpc) is 2.78. The number of benzene rings is 2. The highest BCUT2D eigenvalue weighted by atomic mass is 28.4. The third-order valence-electron chi connectivity index (χ3n) is 5.64. The third kappa shape index (κ3) is 4.98. The predicted octanol–water partition coefficient (Wildman–Crippen LogP) is 2.92. The van der Waals surface area contributed by atoms with Crippen molar-refractivity contribution in [1.29, 1.82) is 0 Å². The van der Waals surface area contributed by atoms with Crippen molar-refractivity contribution in [2.24, 2.45) is 0 Å². The van der Waals surface area contributed by atoms with Gasteiger partial charge in [-0.05, 0) is 40.6 Å². The van der Waals surface area contributed by atoms with Crippen LogP contribution < -0.4 is 10.4 Å². The zero-order chi connectivity index (χ0) is 23.4. The lowest BCUT2D eigenvalue weighted by molar-refractivity contribution is -0.146. The molecule has 0 amide bonds. The van der Waals surface area contributed by atoms with Gasteiger partial charge in [-0.25, -0.2) is 4.79 Å². The summed E-state index contributed by atoms with van der Waals surface area (Å²) in [6.07, 6.45) is 2.67. The zero-order valence-corrected chi connectivity index (χ0v) is 19.9. The van der Waals surface area contributed by atoms with E-state index in [9.17, 15) is 14.7 Å². The summed E-state index contributed by atoms with van der Waals surface area (Å²) in [5.74, 6) is -0.801. The lowest BCUT2D eigenvalue weighted by Gasteiger charge is -2.44. The van der Waals surface area contributed by atoms with Crippen molar-refractivity contribution in [3.05, 3.63) is 85.0 Å². The summed E-state index contributed by atoms with van der Waals surface area (Å²) in [5.41, 5.74) is 0. The van der Waals surface area contributed by atoms with E-state index in [2.05, 4.69) is 45.0 Å². The minimum Gasteiger partial charge on any atom is -0.452 e. The van der Waals surface area contributed by atoms with Gasteiger partial charge in [-0.3, -0.25) is 4.79 Å². The Kier molecular flexibility index (Phi) is 7.28. The van der Waals surface area contributed by atoms with Gasteiger partial charge in [-0.15, -0.1) is 0 Å². The smallest absolute Gasteiger partial charge is 0.331 e. The van der Waals surface area contributed by atoms with Gasteiger partial charge < -0.3 is 14.3 Å². The molecule has 0 bridgehead atoms. The number of esters is 1. The average molecular weight is 451 g/mol. The fraction of sp³-hybridized carbons (Fsp3) is 0.308. The van der Waals surface area contributed by atoms with Crippen molar-refractivity contribution >= 4 is 30.4 Å². The first-order valence-corrected chi connectivity index (χ1v) is 12.6. The molecule has 0 unspecified atom stereocenters. The Morgan fingerprint density at radius 2 is 1.59 bits per heavy atom. The molecule has 2 aromatic carbocycles. The number of carbonyl (C=O) groups excluding carboxylic acids is 2. The van der Waals surface area contributed by atoms with Crippen LogP contribution in [0.25, 0.3) is 0 Å². The zero-order valence-electron chi connectivity index (χ0n) is 18.9. The van der Waals surface area contributed by atoms with Gasteiger partial charge in [0, 0.05) is 6.08 Å². The van der Waals surface area contributed by atoms with Crippen LogP contribution >= 0.6 is 0 Å². The summed E-state index contributed by atoms with van der Waals surface area (Å²) >= 11 is 0. The van der Waals surface area contributed by atoms with E-state index in [0.29, 0.717) is 0 Å². The number of hydrogen-bond acceptors (Lipinski definition) is 5. The normalized spacial score (nSPS) is 20.2. The quantitative estimate of drug-likeness (QED) is 0.399. The summed E-state index contributed by atoms with van der Waals surface area (Å²) in [7, 11) is -2.87. The van der Waals surface area contributed by atoms with Gasteiger partial charge in [0.25, 0.3) is 8.32 Å². The van der Waals surface area contributed by atoms with Gasteiger partial charge in [0.15, 0.2) is 11.9 Å². The van der Waals surface area contributed by atoms with E-state index in [0.717, 1.165) is 10.4 Å². The van der Waals surface area contributed by atoms with Gasteiger partial charge in [0.05, 0.1) is 0 Å². The first-order valence-electron chi connectivity index (χ1n) is 10.7. The van der Waals surface area contributed by atoms with Gasteiger partial charge in [0.2, 0.25) is 0 Å². The summed E-state index contributed by atoms with van der Waals surface area (Å²) in [5, 5.41) is 11.9. The second-order valence-electron chi connectivity index (χ2n) is 8.94. The van der Waals surface area contributed by atoms with Gasteiger partial charge in [-0.2, -0.15) is 0 Å². The summed E-state index contributed by atoms with van der Waals surface area (Å²) in [6, 6.07) is 20.2. The maximum Gasteiger partial charge on any atom is 0.331 e. The number of carbonyl (C=O) groups is 2. The van der Waals surface area contributed by atoms with E-state index in [1.165, 1.54) is 24.3 Å². The molecule has 0 radical (unpaired) electrons. The predicted molar refractivity (Wildman–Crippen MR) is 127 cm³/mol. The van der Waals surface area contributed by atoms with Crippen molar-refractivity contribution in [3.8, 4) is 0 Å². The molecule has 1 aliphatic heterocycles. The lowest BCUT2D eigenvalue weighted by atomic mass is 10.1. The molecule has 0 saturated heterocycles. The number of rotatable bonds is 7. The molecule has 32 heavy (non-hydrogen) atoms. The van der Waals surface area contributed by atoms with Crippen LogP contribution in [0.5, 0.6) is 0 Å². The molecule has 1 aliphatic rings. The molecule has 0 fully saturated rings. The van der Waals surface area contributed by atoms with Gasteiger partial charge in [-0.1, -0.05) is 81.4 Å². The molecular weight excluding hydrogens is 420 g/mol. The molecule has 168 valence electrons. The molecule has 1 heterocycles. The van der Waals surface area contributed by atoms with Crippen LogP contribution in [-0.4, -0.2) is 43.5 Å². The Hall–Kier alpha value is -2.80. The highest BCUT2D eigenvalue weighted by Gasteiger charge is 2.51. The van der Waals surface area contributed by atoms with E-state index < -0.39 is 32.6 Å². The number of aliphatic hydroxyl groups excluding tert-OH is 1. The van der Waals surface area contributed by atoms with Crippen LogP contribution in [0.2, 0.25) is 5.04 Å². The number of cyclic esters (lactones) is 1. The number of aliphatic hydroxyl groups is 1. The standard InChI is InChI=1S/C26H30O5Si/c1-19(22(27)15-17-24-23(28)16-18-25(29)30-24)31-32(26(2,3)4,20-11-7-5-8-12-20)21-13-9-6-10-14-21/h5-19,23-24,28H,1-4H3/b17-15-/t19-,23-,24-/m0/s1. The van der Waals surface area contributed by atoms with E-state index in [1.807, 2.05) is 36.4 Å². The number of ether oxygens (including phenoxy) is 1. The topological polar surface area (TPSA) is 72.8 Å². The van der Waals surface area contributed by atoms with Crippen molar-refractivity contribution in [3.63, 3.8) is 0 Å². The largest absolute Gasteiger partial charge is 0.452 e. The van der Waals surface area contributed by atoms with Crippen molar-refractivity contribution in [2.75, 3.05) is 0 Å². The fourth-order valence-corrected chi connectivity index (χ4v) is 8.68. The van der Waals surface area contributed by atoms with Crippen molar-refractivity contribution < 1.29 is 23.9 Å². The van der Waals surface area contributed by atoms with Crippen LogP contribution in [-0.2, 0) is 18.8 Å². The lowest BCUT2D eigenvalue weighted by Crippen LogP contribution is -2.68. The first-order chi connectivity index (χ1) is 15.1.